The van der Waals surface area contributed by atoms with Crippen LogP contribution in [0.15, 0.2) is 24.3 Å². The van der Waals surface area contributed by atoms with Gasteiger partial charge in [0.1, 0.15) is 5.75 Å². The molecule has 1 rings (SSSR count). The van der Waals surface area contributed by atoms with E-state index in [1.165, 1.54) is 0 Å². The number of likely N-dealkylation sites (N-methyl/N-ethyl adjacent to an activating group) is 1. The Bertz CT molecular complexity index is 446. The first kappa shape index (κ1) is 16.5. The van der Waals surface area contributed by atoms with Crippen LogP contribution in [0.2, 0.25) is 0 Å². The number of hydrogen-bond donors (Lipinski definition) is 1. The van der Waals surface area contributed by atoms with E-state index in [9.17, 15) is 4.79 Å². The zero-order valence-corrected chi connectivity index (χ0v) is 13.1. The zero-order valence-electron chi connectivity index (χ0n) is 13.1. The Morgan fingerprint density at radius 3 is 2.45 bits per heavy atom. The van der Waals surface area contributed by atoms with E-state index < -0.39 is 6.04 Å². The van der Waals surface area contributed by atoms with Crippen LogP contribution in [0.1, 0.15) is 26.3 Å². The predicted molar refractivity (Wildman–Crippen MR) is 81.7 cm³/mol. The molecule has 1 aromatic carbocycles. The molecule has 0 bridgehead atoms. The normalized spacial score (nSPS) is 13.9. The SMILES string of the molecule is COc1ccccc1CC(C)N(C)C(=O)[C@@H](N)C(C)C. The summed E-state index contributed by atoms with van der Waals surface area (Å²) >= 11 is 0. The van der Waals surface area contributed by atoms with E-state index in [0.717, 1.165) is 17.7 Å². The molecule has 2 N–H and O–H groups in total. The highest BCUT2D eigenvalue weighted by molar-refractivity contribution is 5.82. The fourth-order valence-electron chi connectivity index (χ4n) is 2.06. The van der Waals surface area contributed by atoms with Crippen molar-refractivity contribution in [2.75, 3.05) is 14.2 Å². The largest absolute Gasteiger partial charge is 0.496 e. The molecule has 2 atom stereocenters. The van der Waals surface area contributed by atoms with Crippen molar-refractivity contribution in [1.29, 1.82) is 0 Å². The molecule has 1 amide bonds. The Balaban J connectivity index is 2.75. The van der Waals surface area contributed by atoms with Crippen LogP contribution in [0, 0.1) is 5.92 Å². The maximum absolute atomic E-state index is 12.2. The lowest BCUT2D eigenvalue weighted by molar-refractivity contribution is -0.134. The summed E-state index contributed by atoms with van der Waals surface area (Å²) in [7, 11) is 3.47. The Morgan fingerprint density at radius 1 is 1.30 bits per heavy atom. The summed E-state index contributed by atoms with van der Waals surface area (Å²) in [4.78, 5) is 14.0. The van der Waals surface area contributed by atoms with E-state index in [4.69, 9.17) is 10.5 Å². The van der Waals surface area contributed by atoms with Crippen molar-refractivity contribution < 1.29 is 9.53 Å². The third-order valence-corrected chi connectivity index (χ3v) is 3.72. The minimum Gasteiger partial charge on any atom is -0.496 e. The highest BCUT2D eigenvalue weighted by Crippen LogP contribution is 2.20. The number of hydrogen-bond acceptors (Lipinski definition) is 3. The molecule has 0 aromatic heterocycles. The summed E-state index contributed by atoms with van der Waals surface area (Å²) in [6, 6.07) is 7.51. The standard InChI is InChI=1S/C16H26N2O2/c1-11(2)15(17)16(19)18(4)12(3)10-13-8-6-7-9-14(13)20-5/h6-9,11-12,15H,10,17H2,1-5H3/t12?,15-/m0/s1. The zero-order chi connectivity index (χ0) is 15.3. The minimum atomic E-state index is -0.444. The Kier molecular flexibility index (Phi) is 6.02. The number of carbonyl (C=O) groups is 1. The van der Waals surface area contributed by atoms with Crippen molar-refractivity contribution >= 4 is 5.91 Å². The number of para-hydroxylation sites is 1. The van der Waals surface area contributed by atoms with E-state index in [2.05, 4.69) is 0 Å². The predicted octanol–water partition coefficient (Wildman–Crippen LogP) is 2.07. The second-order valence-corrected chi connectivity index (χ2v) is 5.58. The van der Waals surface area contributed by atoms with Crippen LogP contribution >= 0.6 is 0 Å². The quantitative estimate of drug-likeness (QED) is 0.866. The molecule has 0 heterocycles. The molecule has 0 spiro atoms. The number of ether oxygens (including phenoxy) is 1. The maximum Gasteiger partial charge on any atom is 0.239 e. The van der Waals surface area contributed by atoms with Gasteiger partial charge in [0.15, 0.2) is 0 Å². The second kappa shape index (κ2) is 7.29. The molecule has 4 nitrogen and oxygen atoms in total. The van der Waals surface area contributed by atoms with E-state index in [0.29, 0.717) is 0 Å². The summed E-state index contributed by atoms with van der Waals surface area (Å²) in [6.45, 7) is 5.94. The van der Waals surface area contributed by atoms with Gasteiger partial charge in [-0.15, -0.1) is 0 Å². The van der Waals surface area contributed by atoms with Crippen molar-refractivity contribution in [3.05, 3.63) is 29.8 Å². The minimum absolute atomic E-state index is 0.0117. The van der Waals surface area contributed by atoms with Crippen LogP contribution in [0.3, 0.4) is 0 Å². The van der Waals surface area contributed by atoms with Crippen molar-refractivity contribution in [2.45, 2.75) is 39.3 Å². The van der Waals surface area contributed by atoms with Gasteiger partial charge < -0.3 is 15.4 Å². The summed E-state index contributed by atoms with van der Waals surface area (Å²) in [5.74, 6) is 0.985. The van der Waals surface area contributed by atoms with Gasteiger partial charge in [0.05, 0.1) is 13.2 Å². The molecular formula is C16H26N2O2. The van der Waals surface area contributed by atoms with Crippen LogP contribution in [0.5, 0.6) is 5.75 Å². The van der Waals surface area contributed by atoms with Gasteiger partial charge in [-0.05, 0) is 30.9 Å². The van der Waals surface area contributed by atoms with E-state index in [1.54, 1.807) is 12.0 Å². The lowest BCUT2D eigenvalue weighted by atomic mass is 10.0. The molecule has 112 valence electrons. The number of carbonyl (C=O) groups excluding carboxylic acids is 1. The smallest absolute Gasteiger partial charge is 0.239 e. The first-order valence-corrected chi connectivity index (χ1v) is 7.02. The number of nitrogens with two attached hydrogens (primary N) is 1. The molecule has 0 saturated heterocycles. The van der Waals surface area contributed by atoms with Gasteiger partial charge in [-0.3, -0.25) is 4.79 Å². The molecule has 0 aliphatic heterocycles. The van der Waals surface area contributed by atoms with Crippen LogP contribution in [0.25, 0.3) is 0 Å². The first-order valence-electron chi connectivity index (χ1n) is 7.02. The number of nitrogens with zero attached hydrogens (tertiary/aromatic N) is 1. The highest BCUT2D eigenvalue weighted by Gasteiger charge is 2.24. The number of rotatable bonds is 6. The second-order valence-electron chi connectivity index (χ2n) is 5.58. The number of benzene rings is 1. The fourth-order valence-corrected chi connectivity index (χ4v) is 2.06. The first-order chi connectivity index (χ1) is 9.38. The van der Waals surface area contributed by atoms with Crippen LogP contribution < -0.4 is 10.5 Å². The summed E-state index contributed by atoms with van der Waals surface area (Å²) < 4.78 is 5.34. The van der Waals surface area contributed by atoms with Crippen molar-refractivity contribution in [3.63, 3.8) is 0 Å². The van der Waals surface area contributed by atoms with E-state index in [-0.39, 0.29) is 17.9 Å². The molecule has 20 heavy (non-hydrogen) atoms. The number of methoxy groups -OCH3 is 1. The third-order valence-electron chi connectivity index (χ3n) is 3.72. The van der Waals surface area contributed by atoms with Gasteiger partial charge in [-0.1, -0.05) is 32.0 Å². The lowest BCUT2D eigenvalue weighted by Gasteiger charge is -2.29. The Hall–Kier alpha value is -1.55. The van der Waals surface area contributed by atoms with Gasteiger partial charge in [-0.25, -0.2) is 0 Å². The van der Waals surface area contributed by atoms with Crippen molar-refractivity contribution in [1.82, 2.24) is 4.90 Å². The van der Waals surface area contributed by atoms with E-state index in [1.807, 2.05) is 52.1 Å². The maximum atomic E-state index is 12.2. The molecular weight excluding hydrogens is 252 g/mol. The van der Waals surface area contributed by atoms with Gasteiger partial charge in [0, 0.05) is 13.1 Å². The van der Waals surface area contributed by atoms with Crippen molar-refractivity contribution in [2.24, 2.45) is 11.7 Å². The van der Waals surface area contributed by atoms with Crippen LogP contribution in [-0.2, 0) is 11.2 Å². The van der Waals surface area contributed by atoms with Gasteiger partial charge in [0.25, 0.3) is 0 Å². The van der Waals surface area contributed by atoms with E-state index >= 15 is 0 Å². The fraction of sp³-hybridized carbons (Fsp3) is 0.562. The van der Waals surface area contributed by atoms with Gasteiger partial charge in [0.2, 0.25) is 5.91 Å². The van der Waals surface area contributed by atoms with Gasteiger partial charge in [-0.2, -0.15) is 0 Å². The Morgan fingerprint density at radius 2 is 1.90 bits per heavy atom. The van der Waals surface area contributed by atoms with Crippen LogP contribution in [-0.4, -0.2) is 37.0 Å². The van der Waals surface area contributed by atoms with Crippen molar-refractivity contribution in [3.8, 4) is 5.75 Å². The van der Waals surface area contributed by atoms with Gasteiger partial charge >= 0.3 is 0 Å². The molecule has 1 unspecified atom stereocenters. The summed E-state index contributed by atoms with van der Waals surface area (Å²) in [6.07, 6.45) is 0.747. The highest BCUT2D eigenvalue weighted by atomic mass is 16.5. The molecule has 0 aliphatic rings. The average Bonchev–Trinajstić information content (AvgIpc) is 2.45. The lowest BCUT2D eigenvalue weighted by Crippen LogP contribution is -2.48. The monoisotopic (exact) mass is 278 g/mol. The number of amides is 1. The molecule has 0 radical (unpaired) electrons. The summed E-state index contributed by atoms with van der Waals surface area (Å²) in [5, 5.41) is 0. The average molecular weight is 278 g/mol. The Labute approximate surface area is 121 Å². The molecule has 1 aromatic rings. The molecule has 0 saturated carbocycles. The van der Waals surface area contributed by atoms with Crippen LogP contribution in [0.4, 0.5) is 0 Å². The summed E-state index contributed by atoms with van der Waals surface area (Å²) in [5.41, 5.74) is 7.03. The molecule has 0 fully saturated rings. The topological polar surface area (TPSA) is 55.6 Å². The molecule has 4 heteroatoms. The third kappa shape index (κ3) is 3.97. The molecule has 0 aliphatic carbocycles.